The van der Waals surface area contributed by atoms with E-state index in [0.717, 1.165) is 24.4 Å². The largest absolute Gasteiger partial charge is 0.354 e. The average molecular weight is 276 g/mol. The Balaban J connectivity index is 1.78. The summed E-state index contributed by atoms with van der Waals surface area (Å²) in [5.41, 5.74) is 1.92. The first-order valence-electron chi connectivity index (χ1n) is 6.72. The number of carbonyl (C=O) groups is 1. The van der Waals surface area contributed by atoms with Crippen molar-refractivity contribution in [1.82, 2.24) is 30.1 Å². The van der Waals surface area contributed by atoms with E-state index >= 15 is 0 Å². The van der Waals surface area contributed by atoms with Gasteiger partial charge in [-0.25, -0.2) is 0 Å². The molecule has 0 bridgehead atoms. The molecule has 0 aliphatic carbocycles. The summed E-state index contributed by atoms with van der Waals surface area (Å²) in [4.78, 5) is 12.1. The molecule has 20 heavy (non-hydrogen) atoms. The van der Waals surface area contributed by atoms with Crippen molar-refractivity contribution in [3.63, 3.8) is 0 Å². The topological polar surface area (TPSA) is 77.6 Å². The maximum absolute atomic E-state index is 12.1. The Morgan fingerprint density at radius 1 is 1.45 bits per heavy atom. The molecule has 2 rings (SSSR count). The molecule has 2 aromatic rings. The minimum Gasteiger partial charge on any atom is -0.354 e. The van der Waals surface area contributed by atoms with Crippen LogP contribution in [-0.4, -0.2) is 37.2 Å². The van der Waals surface area contributed by atoms with Crippen molar-refractivity contribution in [2.75, 3.05) is 6.54 Å². The van der Waals surface area contributed by atoms with Gasteiger partial charge in [-0.2, -0.15) is 5.10 Å². The van der Waals surface area contributed by atoms with Crippen LogP contribution in [0, 0.1) is 13.8 Å². The maximum atomic E-state index is 12.1. The molecular weight excluding hydrogens is 256 g/mol. The minimum absolute atomic E-state index is 0.0187. The van der Waals surface area contributed by atoms with Crippen molar-refractivity contribution in [2.24, 2.45) is 0 Å². The molecule has 2 heterocycles. The van der Waals surface area contributed by atoms with Gasteiger partial charge in [0.1, 0.15) is 6.04 Å². The number of hydrogen-bond donors (Lipinski definition) is 1. The van der Waals surface area contributed by atoms with E-state index in [0.29, 0.717) is 6.54 Å². The lowest BCUT2D eigenvalue weighted by molar-refractivity contribution is -0.124. The zero-order chi connectivity index (χ0) is 14.5. The van der Waals surface area contributed by atoms with Crippen LogP contribution in [0.4, 0.5) is 0 Å². The van der Waals surface area contributed by atoms with E-state index in [2.05, 4.69) is 20.7 Å². The van der Waals surface area contributed by atoms with E-state index in [4.69, 9.17) is 0 Å². The highest BCUT2D eigenvalue weighted by Crippen LogP contribution is 2.10. The number of rotatable bonds is 6. The molecule has 0 saturated carbocycles. The fourth-order valence-corrected chi connectivity index (χ4v) is 2.10. The van der Waals surface area contributed by atoms with Gasteiger partial charge in [0, 0.05) is 25.0 Å². The summed E-state index contributed by atoms with van der Waals surface area (Å²) in [7, 11) is 0. The van der Waals surface area contributed by atoms with Gasteiger partial charge in [-0.3, -0.25) is 14.2 Å². The van der Waals surface area contributed by atoms with E-state index in [-0.39, 0.29) is 11.9 Å². The fraction of sp³-hybridized carbons (Fsp3) is 0.538. The van der Waals surface area contributed by atoms with Gasteiger partial charge in [0.25, 0.3) is 0 Å². The predicted molar refractivity (Wildman–Crippen MR) is 74.1 cm³/mol. The molecule has 0 aromatic carbocycles. The van der Waals surface area contributed by atoms with E-state index in [1.54, 1.807) is 21.8 Å². The lowest BCUT2D eigenvalue weighted by Gasteiger charge is -2.14. The Morgan fingerprint density at radius 3 is 2.85 bits per heavy atom. The summed E-state index contributed by atoms with van der Waals surface area (Å²) >= 11 is 0. The van der Waals surface area contributed by atoms with Crippen molar-refractivity contribution in [3.8, 4) is 0 Å². The van der Waals surface area contributed by atoms with Crippen LogP contribution in [0.1, 0.15) is 30.8 Å². The Kier molecular flexibility index (Phi) is 4.49. The lowest BCUT2D eigenvalue weighted by atomic mass is 10.3. The third kappa shape index (κ3) is 3.43. The number of aryl methyl sites for hydroxylation is 3. The van der Waals surface area contributed by atoms with E-state index < -0.39 is 0 Å². The first kappa shape index (κ1) is 14.2. The van der Waals surface area contributed by atoms with Gasteiger partial charge in [0.2, 0.25) is 5.91 Å². The van der Waals surface area contributed by atoms with Crippen LogP contribution in [0.3, 0.4) is 0 Å². The second-order valence-corrected chi connectivity index (χ2v) is 4.86. The Hall–Kier alpha value is -2.18. The molecule has 1 N–H and O–H groups in total. The Bertz CT molecular complexity index is 559. The van der Waals surface area contributed by atoms with Crippen LogP contribution in [0.25, 0.3) is 0 Å². The minimum atomic E-state index is -0.296. The first-order valence-corrected chi connectivity index (χ1v) is 6.72. The van der Waals surface area contributed by atoms with E-state index in [9.17, 15) is 4.79 Å². The van der Waals surface area contributed by atoms with Gasteiger partial charge in [0.05, 0.1) is 11.9 Å². The summed E-state index contributed by atoms with van der Waals surface area (Å²) in [5.74, 6) is -0.0187. The molecule has 0 fully saturated rings. The molecule has 0 aliphatic rings. The second kappa shape index (κ2) is 6.31. The summed E-state index contributed by atoms with van der Waals surface area (Å²) in [6.07, 6.45) is 4.27. The average Bonchev–Trinajstić information content (AvgIpc) is 3.03. The zero-order valence-corrected chi connectivity index (χ0v) is 12.1. The molecule has 0 aliphatic heterocycles. The summed E-state index contributed by atoms with van der Waals surface area (Å²) in [6.45, 7) is 7.09. The molecule has 1 unspecified atom stereocenters. The molecule has 0 spiro atoms. The molecule has 7 heteroatoms. The van der Waals surface area contributed by atoms with Crippen molar-refractivity contribution in [1.29, 1.82) is 0 Å². The normalized spacial score (nSPS) is 12.3. The fourth-order valence-electron chi connectivity index (χ4n) is 2.10. The Morgan fingerprint density at radius 2 is 2.25 bits per heavy atom. The van der Waals surface area contributed by atoms with Crippen LogP contribution < -0.4 is 5.32 Å². The molecule has 7 nitrogen and oxygen atoms in total. The quantitative estimate of drug-likeness (QED) is 0.794. The predicted octanol–water partition coefficient (Wildman–Crippen LogP) is 0.859. The molecule has 2 aromatic heterocycles. The summed E-state index contributed by atoms with van der Waals surface area (Å²) in [5, 5.41) is 14.9. The third-order valence-electron chi connectivity index (χ3n) is 3.13. The van der Waals surface area contributed by atoms with Crippen LogP contribution in [0.15, 0.2) is 18.5 Å². The van der Waals surface area contributed by atoms with Crippen LogP contribution >= 0.6 is 0 Å². The van der Waals surface area contributed by atoms with Crippen molar-refractivity contribution < 1.29 is 4.79 Å². The number of carbonyl (C=O) groups excluding carboxylic acids is 1. The van der Waals surface area contributed by atoms with Gasteiger partial charge in [0.15, 0.2) is 0 Å². The van der Waals surface area contributed by atoms with Crippen LogP contribution in [-0.2, 0) is 11.3 Å². The number of amides is 1. The van der Waals surface area contributed by atoms with Gasteiger partial charge in [-0.1, -0.05) is 5.21 Å². The second-order valence-electron chi connectivity index (χ2n) is 4.86. The number of nitrogens with zero attached hydrogens (tertiary/aromatic N) is 5. The van der Waals surface area contributed by atoms with Crippen LogP contribution in [0.5, 0.6) is 0 Å². The molecule has 0 saturated heterocycles. The highest BCUT2D eigenvalue weighted by atomic mass is 16.2. The van der Waals surface area contributed by atoms with E-state index in [1.165, 1.54) is 0 Å². The van der Waals surface area contributed by atoms with E-state index in [1.807, 2.05) is 26.8 Å². The molecule has 1 atom stereocenters. The van der Waals surface area contributed by atoms with Gasteiger partial charge in [-0.05, 0) is 33.3 Å². The molecular formula is C13H20N6O. The standard InChI is InChI=1S/C13H20N6O/c1-10-9-11(2)19(16-10)12(3)13(20)14-5-4-7-18-8-6-15-17-18/h6,8-9,12H,4-5,7H2,1-3H3,(H,14,20). The highest BCUT2D eigenvalue weighted by Gasteiger charge is 2.17. The van der Waals surface area contributed by atoms with Crippen molar-refractivity contribution in [3.05, 3.63) is 29.8 Å². The highest BCUT2D eigenvalue weighted by molar-refractivity contribution is 5.79. The zero-order valence-electron chi connectivity index (χ0n) is 12.1. The van der Waals surface area contributed by atoms with Crippen LogP contribution in [0.2, 0.25) is 0 Å². The summed E-state index contributed by atoms with van der Waals surface area (Å²) in [6, 6.07) is 1.67. The number of aromatic nitrogens is 5. The molecule has 1 amide bonds. The SMILES string of the molecule is Cc1cc(C)n(C(C)C(=O)NCCCn2ccnn2)n1. The molecule has 0 radical (unpaired) electrons. The van der Waals surface area contributed by atoms with Gasteiger partial charge >= 0.3 is 0 Å². The first-order chi connectivity index (χ1) is 9.58. The number of hydrogen-bond acceptors (Lipinski definition) is 4. The third-order valence-corrected chi connectivity index (χ3v) is 3.13. The molecule has 108 valence electrons. The smallest absolute Gasteiger partial charge is 0.244 e. The summed E-state index contributed by atoms with van der Waals surface area (Å²) < 4.78 is 3.50. The van der Waals surface area contributed by atoms with Crippen molar-refractivity contribution in [2.45, 2.75) is 39.8 Å². The monoisotopic (exact) mass is 276 g/mol. The Labute approximate surface area is 118 Å². The maximum Gasteiger partial charge on any atom is 0.244 e. The van der Waals surface area contributed by atoms with Gasteiger partial charge in [-0.15, -0.1) is 5.10 Å². The number of nitrogens with one attached hydrogen (secondary N) is 1. The van der Waals surface area contributed by atoms with Gasteiger partial charge < -0.3 is 5.32 Å². The van der Waals surface area contributed by atoms with Crippen molar-refractivity contribution >= 4 is 5.91 Å². The lowest BCUT2D eigenvalue weighted by Crippen LogP contribution is -2.33.